The van der Waals surface area contributed by atoms with E-state index in [0.29, 0.717) is 18.4 Å². The van der Waals surface area contributed by atoms with Crippen LogP contribution in [0.2, 0.25) is 0 Å². The Labute approximate surface area is 154 Å². The molecular weight excluding hydrogens is 338 g/mol. The fourth-order valence-electron chi connectivity index (χ4n) is 3.54. The number of carbonyl (C=O) groups excluding carboxylic acids is 3. The molecular formula is C19H27NO6. The highest BCUT2D eigenvalue weighted by molar-refractivity contribution is 5.95. The van der Waals surface area contributed by atoms with Gasteiger partial charge in [-0.25, -0.2) is 14.4 Å². The Balaban J connectivity index is 1.97. The topological polar surface area (TPSA) is 82.1 Å². The van der Waals surface area contributed by atoms with E-state index >= 15 is 0 Å². The summed E-state index contributed by atoms with van der Waals surface area (Å²) in [5, 5.41) is 0. The highest BCUT2D eigenvalue weighted by Crippen LogP contribution is 2.37. The monoisotopic (exact) mass is 365 g/mol. The molecule has 0 saturated carbocycles. The predicted octanol–water partition coefficient (Wildman–Crippen LogP) is 1.76. The van der Waals surface area contributed by atoms with Crippen molar-refractivity contribution in [2.45, 2.75) is 64.3 Å². The van der Waals surface area contributed by atoms with Crippen molar-refractivity contribution in [3.05, 3.63) is 23.3 Å². The average Bonchev–Trinajstić information content (AvgIpc) is 2.78. The van der Waals surface area contributed by atoms with Crippen molar-refractivity contribution in [3.8, 4) is 0 Å². The second-order valence-corrected chi connectivity index (χ2v) is 6.89. The van der Waals surface area contributed by atoms with E-state index in [2.05, 4.69) is 9.64 Å². The number of nitrogens with zero attached hydrogens (tertiary/aromatic N) is 1. The molecule has 26 heavy (non-hydrogen) atoms. The van der Waals surface area contributed by atoms with E-state index in [1.165, 1.54) is 14.0 Å². The number of piperidine rings is 1. The highest BCUT2D eigenvalue weighted by atomic mass is 16.6. The van der Waals surface area contributed by atoms with Gasteiger partial charge in [-0.3, -0.25) is 4.90 Å². The van der Waals surface area contributed by atoms with Gasteiger partial charge in [0.15, 0.2) is 0 Å². The maximum absolute atomic E-state index is 12.1. The minimum Gasteiger partial charge on any atom is -0.466 e. The predicted molar refractivity (Wildman–Crippen MR) is 94.2 cm³/mol. The van der Waals surface area contributed by atoms with Crippen LogP contribution in [0.25, 0.3) is 0 Å². The molecule has 2 rings (SSSR count). The largest absolute Gasteiger partial charge is 0.466 e. The van der Waals surface area contributed by atoms with Gasteiger partial charge in [0.05, 0.1) is 13.2 Å². The van der Waals surface area contributed by atoms with Gasteiger partial charge in [-0.1, -0.05) is 6.08 Å². The number of carbonyl (C=O) groups is 3. The first-order valence-electron chi connectivity index (χ1n) is 8.79. The molecule has 2 heterocycles. The molecule has 2 bridgehead atoms. The van der Waals surface area contributed by atoms with Gasteiger partial charge >= 0.3 is 17.9 Å². The molecule has 7 nitrogen and oxygen atoms in total. The lowest BCUT2D eigenvalue weighted by atomic mass is 10.00. The van der Waals surface area contributed by atoms with Crippen LogP contribution in [-0.4, -0.2) is 61.3 Å². The fraction of sp³-hybridized carbons (Fsp3) is 0.632. The highest BCUT2D eigenvalue weighted by Gasteiger charge is 2.47. The van der Waals surface area contributed by atoms with Crippen LogP contribution in [0.5, 0.6) is 0 Å². The normalized spacial score (nSPS) is 29.3. The van der Waals surface area contributed by atoms with Crippen molar-refractivity contribution in [1.82, 2.24) is 4.90 Å². The fourth-order valence-corrected chi connectivity index (χ4v) is 3.54. The summed E-state index contributed by atoms with van der Waals surface area (Å²) in [6.45, 7) is 5.03. The number of allylic oxidation sites excluding steroid dienone is 1. The maximum atomic E-state index is 12.1. The number of methoxy groups -OCH3 is 1. The van der Waals surface area contributed by atoms with Crippen molar-refractivity contribution in [3.63, 3.8) is 0 Å². The quantitative estimate of drug-likeness (QED) is 0.417. The Morgan fingerprint density at radius 2 is 1.69 bits per heavy atom. The second kappa shape index (κ2) is 8.49. The molecule has 2 aliphatic rings. The zero-order valence-corrected chi connectivity index (χ0v) is 16.0. The van der Waals surface area contributed by atoms with Gasteiger partial charge in [-0.05, 0) is 27.8 Å². The molecule has 0 N–H and O–H groups in total. The molecule has 0 radical (unpaired) electrons. The summed E-state index contributed by atoms with van der Waals surface area (Å²) in [5.41, 5.74) is 0.780. The summed E-state index contributed by atoms with van der Waals surface area (Å²) >= 11 is 0. The second-order valence-electron chi connectivity index (χ2n) is 6.89. The van der Waals surface area contributed by atoms with E-state index in [9.17, 15) is 14.4 Å². The average molecular weight is 365 g/mol. The molecule has 0 unspecified atom stereocenters. The van der Waals surface area contributed by atoms with Crippen LogP contribution in [0.1, 0.15) is 40.0 Å². The SMILES string of the molecule is C/C=C(\C)C(=O)O[C@H]1C[C@@H]2C[C@@H](OC(=O)/C=C(/C)C(=O)OC)C[C@H]1N2C. The molecule has 0 aromatic heterocycles. The molecule has 2 fully saturated rings. The van der Waals surface area contributed by atoms with Crippen LogP contribution in [0.4, 0.5) is 0 Å². The Kier molecular flexibility index (Phi) is 6.58. The third-order valence-electron chi connectivity index (χ3n) is 5.21. The first-order chi connectivity index (χ1) is 12.3. The van der Waals surface area contributed by atoms with Gasteiger partial charge in [0, 0.05) is 42.5 Å². The number of hydrogen-bond acceptors (Lipinski definition) is 7. The Morgan fingerprint density at radius 3 is 2.31 bits per heavy atom. The minimum atomic E-state index is -0.559. The van der Waals surface area contributed by atoms with Crippen LogP contribution in [0.15, 0.2) is 23.3 Å². The van der Waals surface area contributed by atoms with Gasteiger partial charge in [-0.2, -0.15) is 0 Å². The van der Waals surface area contributed by atoms with Crippen LogP contribution < -0.4 is 0 Å². The zero-order chi connectivity index (χ0) is 19.4. The lowest BCUT2D eigenvalue weighted by Crippen LogP contribution is -2.46. The number of fused-ring (bicyclic) bond motifs is 2. The van der Waals surface area contributed by atoms with Gasteiger partial charge < -0.3 is 14.2 Å². The number of likely N-dealkylation sites (N-methyl/N-ethyl adjacent to an activating group) is 1. The van der Waals surface area contributed by atoms with Gasteiger partial charge in [0.1, 0.15) is 12.2 Å². The van der Waals surface area contributed by atoms with E-state index in [4.69, 9.17) is 9.47 Å². The first kappa shape index (κ1) is 20.2. The van der Waals surface area contributed by atoms with Crippen molar-refractivity contribution in [2.24, 2.45) is 0 Å². The van der Waals surface area contributed by atoms with Gasteiger partial charge in [-0.15, -0.1) is 0 Å². The number of rotatable bonds is 5. The van der Waals surface area contributed by atoms with Crippen LogP contribution >= 0.6 is 0 Å². The lowest BCUT2D eigenvalue weighted by molar-refractivity contribution is -0.150. The summed E-state index contributed by atoms with van der Waals surface area (Å²) in [6.07, 6.45) is 4.42. The number of esters is 3. The van der Waals surface area contributed by atoms with Crippen molar-refractivity contribution >= 4 is 17.9 Å². The third kappa shape index (κ3) is 4.52. The Morgan fingerprint density at radius 1 is 1.00 bits per heavy atom. The first-order valence-corrected chi connectivity index (χ1v) is 8.79. The molecule has 0 amide bonds. The number of ether oxygens (including phenoxy) is 3. The molecule has 0 aliphatic carbocycles. The maximum Gasteiger partial charge on any atom is 0.333 e. The molecule has 0 spiro atoms. The smallest absolute Gasteiger partial charge is 0.333 e. The van der Waals surface area contributed by atoms with Crippen molar-refractivity contribution < 1.29 is 28.6 Å². The van der Waals surface area contributed by atoms with E-state index < -0.39 is 11.9 Å². The van der Waals surface area contributed by atoms with Gasteiger partial charge in [0.25, 0.3) is 0 Å². The van der Waals surface area contributed by atoms with E-state index in [-0.39, 0.29) is 35.8 Å². The van der Waals surface area contributed by atoms with Crippen molar-refractivity contribution in [1.29, 1.82) is 0 Å². The molecule has 0 aromatic carbocycles. The van der Waals surface area contributed by atoms with Gasteiger partial charge in [0.2, 0.25) is 0 Å². The standard InChI is InChI=1S/C19H27NO6/c1-6-11(2)19(23)26-16-9-13-8-14(10-15(16)20(13)4)25-17(21)7-12(3)18(22)24-5/h6-7,13-16H,8-10H2,1-5H3/b11-6+,12-7-/t13-,14+,15+,16-/m0/s1. The zero-order valence-electron chi connectivity index (χ0n) is 16.0. The number of hydrogen-bond donors (Lipinski definition) is 0. The van der Waals surface area contributed by atoms with E-state index in [1.807, 2.05) is 7.05 Å². The van der Waals surface area contributed by atoms with E-state index in [1.54, 1.807) is 19.9 Å². The third-order valence-corrected chi connectivity index (χ3v) is 5.21. The molecule has 0 aromatic rings. The molecule has 4 atom stereocenters. The molecule has 7 heteroatoms. The summed E-state index contributed by atoms with van der Waals surface area (Å²) in [4.78, 5) is 37.6. The summed E-state index contributed by atoms with van der Waals surface area (Å²) in [5.74, 6) is -1.42. The Bertz CT molecular complexity index is 638. The van der Waals surface area contributed by atoms with E-state index in [0.717, 1.165) is 12.5 Å². The summed E-state index contributed by atoms with van der Waals surface area (Å²) in [6, 6.07) is 0.215. The molecule has 2 saturated heterocycles. The van der Waals surface area contributed by atoms with Crippen LogP contribution in [-0.2, 0) is 28.6 Å². The van der Waals surface area contributed by atoms with Crippen LogP contribution in [0, 0.1) is 0 Å². The van der Waals surface area contributed by atoms with Crippen molar-refractivity contribution in [2.75, 3.05) is 14.2 Å². The molecule has 2 aliphatic heterocycles. The lowest BCUT2D eigenvalue weighted by Gasteiger charge is -2.36. The summed E-state index contributed by atoms with van der Waals surface area (Å²) < 4.78 is 15.7. The molecule has 144 valence electrons. The minimum absolute atomic E-state index is 0.0193. The summed E-state index contributed by atoms with van der Waals surface area (Å²) in [7, 11) is 3.27. The van der Waals surface area contributed by atoms with Crippen LogP contribution in [0.3, 0.4) is 0 Å². The Hall–Kier alpha value is -2.15.